The quantitative estimate of drug-likeness (QED) is 0.645. The van der Waals surface area contributed by atoms with Crippen molar-refractivity contribution in [3.63, 3.8) is 0 Å². The highest BCUT2D eigenvalue weighted by molar-refractivity contribution is 5.34. The van der Waals surface area contributed by atoms with E-state index in [0.29, 0.717) is 12.1 Å². The molecule has 6 nitrogen and oxygen atoms in total. The van der Waals surface area contributed by atoms with Crippen LogP contribution in [0.2, 0.25) is 0 Å². The van der Waals surface area contributed by atoms with Crippen molar-refractivity contribution < 1.29 is 9.66 Å². The normalized spacial score (nSPS) is 22.2. The molecular weight excluding hydrogens is 282 g/mol. The van der Waals surface area contributed by atoms with E-state index in [4.69, 9.17) is 4.74 Å². The number of hydrogen-bond acceptors (Lipinski definition) is 5. The first-order valence-corrected chi connectivity index (χ1v) is 7.80. The molecular formula is C16H25N3O3. The second kappa shape index (κ2) is 7.67. The van der Waals surface area contributed by atoms with E-state index in [0.717, 1.165) is 31.9 Å². The lowest BCUT2D eigenvalue weighted by Crippen LogP contribution is -2.51. The standard InChI is InChI=1S/C16H25N3O3/c1-12(18-8-9-22-11-13(18)2)10-17-14(3)15-4-6-16(7-5-15)19(20)21/h4-7,12-14,17H,8-11H2,1-3H3/t12-,13-,14-/m0/s1. The third-order valence-electron chi connectivity index (χ3n) is 4.31. The summed E-state index contributed by atoms with van der Waals surface area (Å²) in [5, 5.41) is 14.2. The fourth-order valence-electron chi connectivity index (χ4n) is 2.86. The number of benzene rings is 1. The summed E-state index contributed by atoms with van der Waals surface area (Å²) in [6.07, 6.45) is 0. The van der Waals surface area contributed by atoms with Gasteiger partial charge < -0.3 is 10.1 Å². The molecule has 0 aromatic heterocycles. The van der Waals surface area contributed by atoms with Crippen molar-refractivity contribution in [2.24, 2.45) is 0 Å². The molecule has 3 atom stereocenters. The molecule has 1 aliphatic rings. The summed E-state index contributed by atoms with van der Waals surface area (Å²) in [4.78, 5) is 12.8. The Balaban J connectivity index is 1.86. The molecule has 0 unspecified atom stereocenters. The highest BCUT2D eigenvalue weighted by Gasteiger charge is 2.23. The van der Waals surface area contributed by atoms with Crippen molar-refractivity contribution in [2.75, 3.05) is 26.3 Å². The second-order valence-corrected chi connectivity index (χ2v) is 5.99. The van der Waals surface area contributed by atoms with Gasteiger partial charge in [-0.1, -0.05) is 12.1 Å². The van der Waals surface area contributed by atoms with E-state index in [9.17, 15) is 10.1 Å². The second-order valence-electron chi connectivity index (χ2n) is 5.99. The first-order valence-electron chi connectivity index (χ1n) is 7.80. The van der Waals surface area contributed by atoms with E-state index in [2.05, 4.69) is 31.0 Å². The van der Waals surface area contributed by atoms with Crippen LogP contribution in [0.5, 0.6) is 0 Å². The topological polar surface area (TPSA) is 67.6 Å². The molecule has 1 saturated heterocycles. The minimum Gasteiger partial charge on any atom is -0.379 e. The number of hydrogen-bond donors (Lipinski definition) is 1. The van der Waals surface area contributed by atoms with E-state index in [1.165, 1.54) is 0 Å². The molecule has 0 bridgehead atoms. The van der Waals surface area contributed by atoms with Gasteiger partial charge in [-0.2, -0.15) is 0 Å². The number of non-ortho nitro benzene ring substituents is 1. The Kier molecular flexibility index (Phi) is 5.88. The Hall–Kier alpha value is -1.50. The van der Waals surface area contributed by atoms with Gasteiger partial charge in [-0.25, -0.2) is 0 Å². The average Bonchev–Trinajstić information content (AvgIpc) is 2.52. The molecule has 0 spiro atoms. The molecule has 0 aliphatic carbocycles. The maximum absolute atomic E-state index is 10.7. The zero-order valence-electron chi connectivity index (χ0n) is 13.5. The van der Waals surface area contributed by atoms with Crippen molar-refractivity contribution in [1.82, 2.24) is 10.2 Å². The van der Waals surface area contributed by atoms with Gasteiger partial charge in [-0.15, -0.1) is 0 Å². The predicted molar refractivity (Wildman–Crippen MR) is 86.0 cm³/mol. The lowest BCUT2D eigenvalue weighted by molar-refractivity contribution is -0.384. The maximum Gasteiger partial charge on any atom is 0.269 e. The van der Waals surface area contributed by atoms with Gasteiger partial charge in [0.25, 0.3) is 5.69 Å². The summed E-state index contributed by atoms with van der Waals surface area (Å²) >= 11 is 0. The Morgan fingerprint density at radius 1 is 1.41 bits per heavy atom. The number of rotatable bonds is 6. The molecule has 122 valence electrons. The fourth-order valence-corrected chi connectivity index (χ4v) is 2.86. The summed E-state index contributed by atoms with van der Waals surface area (Å²) in [7, 11) is 0. The van der Waals surface area contributed by atoms with Crippen LogP contribution in [0, 0.1) is 10.1 Å². The maximum atomic E-state index is 10.7. The molecule has 6 heteroatoms. The van der Waals surface area contributed by atoms with Crippen molar-refractivity contribution in [3.8, 4) is 0 Å². The van der Waals surface area contributed by atoms with Crippen LogP contribution in [0.1, 0.15) is 32.4 Å². The zero-order valence-corrected chi connectivity index (χ0v) is 13.5. The van der Waals surface area contributed by atoms with Gasteiger partial charge in [0, 0.05) is 43.3 Å². The third kappa shape index (κ3) is 4.25. The van der Waals surface area contributed by atoms with Crippen molar-refractivity contribution >= 4 is 5.69 Å². The monoisotopic (exact) mass is 307 g/mol. The Morgan fingerprint density at radius 3 is 2.68 bits per heavy atom. The van der Waals surface area contributed by atoms with Crippen LogP contribution in [-0.2, 0) is 4.74 Å². The first-order chi connectivity index (χ1) is 10.5. The third-order valence-corrected chi connectivity index (χ3v) is 4.31. The number of nitro benzene ring substituents is 1. The Labute approximate surface area is 131 Å². The van der Waals surface area contributed by atoms with Gasteiger partial charge >= 0.3 is 0 Å². The zero-order chi connectivity index (χ0) is 16.1. The number of morpholine rings is 1. The van der Waals surface area contributed by atoms with Gasteiger partial charge in [-0.3, -0.25) is 15.0 Å². The molecule has 2 rings (SSSR count). The lowest BCUT2D eigenvalue weighted by atomic mass is 10.1. The van der Waals surface area contributed by atoms with Gasteiger partial charge in [0.2, 0.25) is 0 Å². The molecule has 1 heterocycles. The molecule has 1 aromatic carbocycles. The van der Waals surface area contributed by atoms with Gasteiger partial charge in [-0.05, 0) is 26.3 Å². The minimum absolute atomic E-state index is 0.131. The highest BCUT2D eigenvalue weighted by atomic mass is 16.6. The average molecular weight is 307 g/mol. The Morgan fingerprint density at radius 2 is 2.09 bits per heavy atom. The van der Waals surface area contributed by atoms with Crippen LogP contribution < -0.4 is 5.32 Å². The molecule has 1 aromatic rings. The van der Waals surface area contributed by atoms with Crippen LogP contribution in [0.15, 0.2) is 24.3 Å². The van der Waals surface area contributed by atoms with Gasteiger partial charge in [0.15, 0.2) is 0 Å². The molecule has 0 saturated carbocycles. The van der Waals surface area contributed by atoms with E-state index in [1.807, 2.05) is 12.1 Å². The fraction of sp³-hybridized carbons (Fsp3) is 0.625. The van der Waals surface area contributed by atoms with Crippen LogP contribution in [0.25, 0.3) is 0 Å². The molecule has 22 heavy (non-hydrogen) atoms. The van der Waals surface area contributed by atoms with E-state index >= 15 is 0 Å². The molecule has 0 radical (unpaired) electrons. The highest BCUT2D eigenvalue weighted by Crippen LogP contribution is 2.18. The number of ether oxygens (including phenoxy) is 1. The van der Waals surface area contributed by atoms with E-state index in [-0.39, 0.29) is 16.7 Å². The van der Waals surface area contributed by atoms with E-state index in [1.54, 1.807) is 12.1 Å². The van der Waals surface area contributed by atoms with Crippen LogP contribution in [-0.4, -0.2) is 48.2 Å². The van der Waals surface area contributed by atoms with Crippen LogP contribution >= 0.6 is 0 Å². The molecule has 1 fully saturated rings. The summed E-state index contributed by atoms with van der Waals surface area (Å²) in [6.45, 7) is 9.93. The number of nitrogens with one attached hydrogen (secondary N) is 1. The number of nitro groups is 1. The summed E-state index contributed by atoms with van der Waals surface area (Å²) in [5.41, 5.74) is 1.19. The van der Waals surface area contributed by atoms with Crippen molar-refractivity contribution in [3.05, 3.63) is 39.9 Å². The summed E-state index contributed by atoms with van der Waals surface area (Å²) in [5.74, 6) is 0. The Bertz CT molecular complexity index is 492. The SMILES string of the molecule is C[C@H](NC[C@H](C)N1CCOC[C@@H]1C)c1ccc([N+](=O)[O-])cc1. The molecule has 1 N–H and O–H groups in total. The number of nitrogens with zero attached hydrogens (tertiary/aromatic N) is 2. The largest absolute Gasteiger partial charge is 0.379 e. The first kappa shape index (κ1) is 16.9. The molecule has 0 amide bonds. The van der Waals surface area contributed by atoms with Gasteiger partial charge in [0.1, 0.15) is 0 Å². The van der Waals surface area contributed by atoms with Crippen LogP contribution in [0.4, 0.5) is 5.69 Å². The minimum atomic E-state index is -0.371. The van der Waals surface area contributed by atoms with Crippen molar-refractivity contribution in [1.29, 1.82) is 0 Å². The lowest BCUT2D eigenvalue weighted by Gasteiger charge is -2.38. The smallest absolute Gasteiger partial charge is 0.269 e. The van der Waals surface area contributed by atoms with Gasteiger partial charge in [0.05, 0.1) is 18.1 Å². The predicted octanol–water partition coefficient (Wildman–Crippen LogP) is 2.35. The van der Waals surface area contributed by atoms with E-state index < -0.39 is 0 Å². The summed E-state index contributed by atoms with van der Waals surface area (Å²) < 4.78 is 5.47. The van der Waals surface area contributed by atoms with Crippen molar-refractivity contribution in [2.45, 2.75) is 38.9 Å². The summed E-state index contributed by atoms with van der Waals surface area (Å²) in [6, 6.07) is 7.79. The molecule has 1 aliphatic heterocycles. The van der Waals surface area contributed by atoms with Crippen LogP contribution in [0.3, 0.4) is 0 Å².